The third kappa shape index (κ3) is 3.12. The zero-order valence-corrected chi connectivity index (χ0v) is 18.8. The van der Waals surface area contributed by atoms with Gasteiger partial charge < -0.3 is 4.74 Å². The lowest BCUT2D eigenvalue weighted by Gasteiger charge is -2.56. The topological polar surface area (TPSA) is 42.4 Å². The van der Waals surface area contributed by atoms with Crippen molar-refractivity contribution >= 4 is 32.6 Å². The summed E-state index contributed by atoms with van der Waals surface area (Å²) in [5.41, 5.74) is 2.21. The number of para-hydroxylation sites is 1. The molecule has 4 aliphatic carbocycles. The van der Waals surface area contributed by atoms with E-state index in [1.54, 1.807) is 11.3 Å². The molecule has 2 aromatic rings. The van der Waals surface area contributed by atoms with Crippen LogP contribution in [-0.4, -0.2) is 30.1 Å². The Labute approximate surface area is 183 Å². The van der Waals surface area contributed by atoms with Crippen molar-refractivity contribution in [2.24, 2.45) is 23.2 Å². The van der Waals surface area contributed by atoms with Crippen molar-refractivity contribution in [2.45, 2.75) is 70.8 Å². The maximum atomic E-state index is 14.3. The number of fused-ring (bicyclic) bond motifs is 1. The van der Waals surface area contributed by atoms with E-state index in [0.717, 1.165) is 73.5 Å². The van der Waals surface area contributed by atoms with Crippen LogP contribution in [-0.2, 0) is 16.0 Å². The van der Waals surface area contributed by atoms with E-state index in [-0.39, 0.29) is 11.5 Å². The standard InChI is InChI=1S/C25H32N2O2S/c1-2-19-5-3-7-21-22(19)26-24(30-21)27(15-20-6-4-8-29-20)23(28)25-12-16-9-17(13-25)11-18(10-16)14-25/h3,5,7,16-18,20H,2,4,6,8-15H2,1H3. The summed E-state index contributed by atoms with van der Waals surface area (Å²) in [6, 6.07) is 6.43. The van der Waals surface area contributed by atoms with Gasteiger partial charge in [-0.15, -0.1) is 0 Å². The predicted molar refractivity (Wildman–Crippen MR) is 121 cm³/mol. The smallest absolute Gasteiger partial charge is 0.235 e. The number of amides is 1. The van der Waals surface area contributed by atoms with Crippen LogP contribution in [0.15, 0.2) is 18.2 Å². The van der Waals surface area contributed by atoms with E-state index >= 15 is 0 Å². The van der Waals surface area contributed by atoms with E-state index in [0.29, 0.717) is 12.5 Å². The van der Waals surface area contributed by atoms with Gasteiger partial charge in [0.25, 0.3) is 0 Å². The van der Waals surface area contributed by atoms with Gasteiger partial charge in [-0.05, 0) is 87.2 Å². The number of anilines is 1. The third-order valence-corrected chi connectivity index (χ3v) is 9.29. The molecule has 0 spiro atoms. The highest BCUT2D eigenvalue weighted by Gasteiger charge is 2.56. The monoisotopic (exact) mass is 424 g/mol. The van der Waals surface area contributed by atoms with Gasteiger partial charge in [-0.3, -0.25) is 9.69 Å². The minimum absolute atomic E-state index is 0.140. The Morgan fingerprint density at radius 3 is 2.57 bits per heavy atom. The average Bonchev–Trinajstić information content (AvgIpc) is 3.39. The van der Waals surface area contributed by atoms with Crippen LogP contribution in [0.5, 0.6) is 0 Å². The molecule has 5 heteroatoms. The molecule has 4 bridgehead atoms. The van der Waals surface area contributed by atoms with Gasteiger partial charge in [0.05, 0.1) is 28.3 Å². The second-order valence-corrected chi connectivity index (χ2v) is 11.4. The predicted octanol–water partition coefficient (Wildman–Crippen LogP) is 5.59. The van der Waals surface area contributed by atoms with E-state index in [9.17, 15) is 4.79 Å². The molecule has 1 saturated heterocycles. The molecule has 1 atom stereocenters. The number of nitrogens with zero attached hydrogens (tertiary/aromatic N) is 2. The summed E-state index contributed by atoms with van der Waals surface area (Å²) in [7, 11) is 0. The zero-order chi connectivity index (χ0) is 20.3. The van der Waals surface area contributed by atoms with Crippen molar-refractivity contribution in [3.8, 4) is 0 Å². The minimum atomic E-state index is -0.140. The lowest BCUT2D eigenvalue weighted by molar-refractivity contribution is -0.143. The number of thiazole rings is 1. The van der Waals surface area contributed by atoms with Crippen LogP contribution in [0, 0.1) is 23.2 Å². The van der Waals surface area contributed by atoms with Gasteiger partial charge in [0, 0.05) is 6.61 Å². The molecule has 160 valence electrons. The Hall–Kier alpha value is -1.46. The van der Waals surface area contributed by atoms with Crippen molar-refractivity contribution in [3.05, 3.63) is 23.8 Å². The Bertz CT molecular complexity index is 926. The van der Waals surface area contributed by atoms with Gasteiger partial charge in [0.2, 0.25) is 5.91 Å². The molecule has 7 rings (SSSR count). The van der Waals surface area contributed by atoms with Gasteiger partial charge in [-0.1, -0.05) is 30.4 Å². The number of rotatable bonds is 5. The first kappa shape index (κ1) is 19.2. The third-order valence-electron chi connectivity index (χ3n) is 8.25. The molecule has 1 aromatic heterocycles. The van der Waals surface area contributed by atoms with Crippen molar-refractivity contribution < 1.29 is 9.53 Å². The van der Waals surface area contributed by atoms with Crippen LogP contribution in [0.2, 0.25) is 0 Å². The summed E-state index contributed by atoms with van der Waals surface area (Å²) in [5, 5.41) is 0.891. The summed E-state index contributed by atoms with van der Waals surface area (Å²) in [5.74, 6) is 2.67. The lowest BCUT2D eigenvalue weighted by Crippen LogP contribution is -2.55. The normalized spacial score (nSPS) is 34.7. The number of carbonyl (C=O) groups is 1. The molecule has 1 aromatic carbocycles. The molecule has 4 saturated carbocycles. The van der Waals surface area contributed by atoms with Gasteiger partial charge >= 0.3 is 0 Å². The molecule has 5 fully saturated rings. The Balaban J connectivity index is 1.38. The van der Waals surface area contributed by atoms with Crippen LogP contribution >= 0.6 is 11.3 Å². The number of ether oxygens (including phenoxy) is 1. The van der Waals surface area contributed by atoms with Crippen LogP contribution in [0.1, 0.15) is 63.9 Å². The second kappa shape index (κ2) is 7.30. The molecule has 1 aliphatic heterocycles. The maximum absolute atomic E-state index is 14.3. The number of carbonyl (C=O) groups excluding carboxylic acids is 1. The van der Waals surface area contributed by atoms with Crippen LogP contribution in [0.25, 0.3) is 10.2 Å². The van der Waals surface area contributed by atoms with Gasteiger partial charge in [0.15, 0.2) is 5.13 Å². The molecule has 30 heavy (non-hydrogen) atoms. The molecule has 0 N–H and O–H groups in total. The summed E-state index contributed by atoms with van der Waals surface area (Å²) in [4.78, 5) is 21.4. The fourth-order valence-corrected chi connectivity index (χ4v) is 8.31. The minimum Gasteiger partial charge on any atom is -0.376 e. The van der Waals surface area contributed by atoms with E-state index < -0.39 is 0 Å². The highest BCUT2D eigenvalue weighted by atomic mass is 32.1. The summed E-state index contributed by atoms with van der Waals surface area (Å²) >= 11 is 1.69. The Kier molecular flexibility index (Phi) is 4.68. The second-order valence-electron chi connectivity index (χ2n) is 10.4. The summed E-state index contributed by atoms with van der Waals surface area (Å²) < 4.78 is 7.17. The highest BCUT2D eigenvalue weighted by Crippen LogP contribution is 2.60. The Morgan fingerprint density at radius 2 is 1.93 bits per heavy atom. The largest absolute Gasteiger partial charge is 0.376 e. The van der Waals surface area contributed by atoms with Gasteiger partial charge in [0.1, 0.15) is 0 Å². The van der Waals surface area contributed by atoms with Crippen molar-refractivity contribution in [2.75, 3.05) is 18.1 Å². The number of aryl methyl sites for hydroxylation is 1. The Morgan fingerprint density at radius 1 is 1.20 bits per heavy atom. The number of aromatic nitrogens is 1. The van der Waals surface area contributed by atoms with E-state index in [1.807, 2.05) is 0 Å². The average molecular weight is 425 g/mol. The van der Waals surface area contributed by atoms with Crippen LogP contribution in [0.3, 0.4) is 0 Å². The number of hydrogen-bond acceptors (Lipinski definition) is 4. The number of hydrogen-bond donors (Lipinski definition) is 0. The van der Waals surface area contributed by atoms with Gasteiger partial charge in [-0.25, -0.2) is 4.98 Å². The molecule has 5 aliphatic rings. The number of benzene rings is 1. The van der Waals surface area contributed by atoms with Crippen molar-refractivity contribution in [1.29, 1.82) is 0 Å². The molecular formula is C25H32N2O2S. The summed E-state index contributed by atoms with van der Waals surface area (Å²) in [6.45, 7) is 3.67. The van der Waals surface area contributed by atoms with Crippen molar-refractivity contribution in [3.63, 3.8) is 0 Å². The maximum Gasteiger partial charge on any atom is 0.235 e. The lowest BCUT2D eigenvalue weighted by atomic mass is 9.49. The fraction of sp³-hybridized carbons (Fsp3) is 0.680. The van der Waals surface area contributed by atoms with E-state index in [1.165, 1.54) is 29.5 Å². The molecule has 0 radical (unpaired) electrons. The van der Waals surface area contributed by atoms with E-state index in [4.69, 9.17) is 9.72 Å². The van der Waals surface area contributed by atoms with Gasteiger partial charge in [-0.2, -0.15) is 0 Å². The molecule has 4 nitrogen and oxygen atoms in total. The highest BCUT2D eigenvalue weighted by molar-refractivity contribution is 7.22. The zero-order valence-electron chi connectivity index (χ0n) is 17.9. The molecular weight excluding hydrogens is 392 g/mol. The van der Waals surface area contributed by atoms with E-state index in [2.05, 4.69) is 30.0 Å². The van der Waals surface area contributed by atoms with Crippen molar-refractivity contribution in [1.82, 2.24) is 4.98 Å². The first-order chi connectivity index (χ1) is 14.6. The quantitative estimate of drug-likeness (QED) is 0.629. The molecule has 2 heterocycles. The SMILES string of the molecule is CCc1cccc2sc(N(CC3CCCO3)C(=O)C34CC5CC(CC(C5)C3)C4)nc12. The first-order valence-electron chi connectivity index (χ1n) is 12.0. The fourth-order valence-electron chi connectivity index (χ4n) is 7.29. The summed E-state index contributed by atoms with van der Waals surface area (Å²) in [6.07, 6.45) is 10.7. The first-order valence-corrected chi connectivity index (χ1v) is 12.8. The molecule has 1 unspecified atom stereocenters. The van der Waals surface area contributed by atoms with Crippen LogP contribution < -0.4 is 4.90 Å². The van der Waals surface area contributed by atoms with Crippen LogP contribution in [0.4, 0.5) is 5.13 Å². The molecule has 1 amide bonds.